The van der Waals surface area contributed by atoms with Crippen molar-refractivity contribution in [1.82, 2.24) is 20.8 Å². The third-order valence-electron chi connectivity index (χ3n) is 4.66. The van der Waals surface area contributed by atoms with Crippen molar-refractivity contribution in [2.75, 3.05) is 4.90 Å². The minimum Gasteiger partial charge on any atom is -0.335 e. The molecule has 2 saturated carbocycles. The molecule has 1 atom stereocenters. The fourth-order valence-corrected chi connectivity index (χ4v) is 5.10. The first-order valence-corrected chi connectivity index (χ1v) is 11.1. The van der Waals surface area contributed by atoms with E-state index in [1.165, 1.54) is 23.1 Å². The minimum atomic E-state index is -0.489. The molecule has 10 heteroatoms. The fraction of sp³-hybridized carbons (Fsp3) is 0.706. The first-order valence-electron chi connectivity index (χ1n) is 9.41. The van der Waals surface area contributed by atoms with Crippen molar-refractivity contribution in [2.24, 2.45) is 0 Å². The Morgan fingerprint density at radius 3 is 2.56 bits per heavy atom. The summed E-state index contributed by atoms with van der Waals surface area (Å²) >= 11 is 2.55. The molecule has 0 saturated heterocycles. The summed E-state index contributed by atoms with van der Waals surface area (Å²) in [5.41, 5.74) is 0. The predicted octanol–water partition coefficient (Wildman–Crippen LogP) is 2.69. The molecule has 8 nitrogen and oxygen atoms in total. The number of thioether (sulfide) groups is 1. The average Bonchev–Trinajstić information content (AvgIpc) is 3.13. The van der Waals surface area contributed by atoms with Crippen LogP contribution in [0.3, 0.4) is 0 Å². The van der Waals surface area contributed by atoms with E-state index in [0.29, 0.717) is 15.9 Å². The van der Waals surface area contributed by atoms with Crippen molar-refractivity contribution in [3.63, 3.8) is 0 Å². The summed E-state index contributed by atoms with van der Waals surface area (Å²) in [6.45, 7) is 3.55. The second kappa shape index (κ2) is 9.01. The third kappa shape index (κ3) is 5.41. The van der Waals surface area contributed by atoms with E-state index in [0.717, 1.165) is 38.5 Å². The molecule has 0 radical (unpaired) electrons. The van der Waals surface area contributed by atoms with Crippen molar-refractivity contribution >= 4 is 46.1 Å². The molecule has 1 unspecified atom stereocenters. The number of urea groups is 1. The van der Waals surface area contributed by atoms with Crippen LogP contribution in [0.4, 0.5) is 9.93 Å². The Balaban J connectivity index is 1.52. The lowest BCUT2D eigenvalue weighted by atomic mass is 10.2. The lowest BCUT2D eigenvalue weighted by Crippen LogP contribution is -2.45. The summed E-state index contributed by atoms with van der Waals surface area (Å²) in [4.78, 5) is 38.0. The van der Waals surface area contributed by atoms with Gasteiger partial charge < -0.3 is 5.32 Å². The van der Waals surface area contributed by atoms with Crippen LogP contribution in [0.25, 0.3) is 0 Å². The Morgan fingerprint density at radius 1 is 1.22 bits per heavy atom. The van der Waals surface area contributed by atoms with Gasteiger partial charge in [0.05, 0.1) is 5.25 Å². The SMILES string of the molecule is CCC(=O)N(c1nnc(SC(C)C(=O)NC(=O)NC2CCCC2)s1)C1CC1. The van der Waals surface area contributed by atoms with Gasteiger partial charge in [0.1, 0.15) is 0 Å². The standard InChI is InChI=1S/C17H25N5O3S2/c1-3-13(23)22(12-8-9-12)16-20-21-17(27-16)26-10(2)14(24)19-15(25)18-11-6-4-5-7-11/h10-12H,3-9H2,1-2H3,(H2,18,19,24,25). The normalized spacial score (nSPS) is 18.1. The van der Waals surface area contributed by atoms with E-state index in [4.69, 9.17) is 0 Å². The largest absolute Gasteiger partial charge is 0.335 e. The maximum atomic E-state index is 12.2. The molecule has 1 aromatic rings. The minimum absolute atomic E-state index is 0.0413. The number of hydrogen-bond donors (Lipinski definition) is 2. The quantitative estimate of drug-likeness (QED) is 0.528. The van der Waals surface area contributed by atoms with Crippen molar-refractivity contribution in [1.29, 1.82) is 0 Å². The van der Waals surface area contributed by atoms with E-state index in [-0.39, 0.29) is 23.9 Å². The fourth-order valence-electron chi connectivity index (χ4n) is 3.03. The zero-order valence-electron chi connectivity index (χ0n) is 15.6. The van der Waals surface area contributed by atoms with Crippen LogP contribution in [0.5, 0.6) is 0 Å². The van der Waals surface area contributed by atoms with Gasteiger partial charge >= 0.3 is 6.03 Å². The second-order valence-corrected chi connectivity index (χ2v) is 9.45. The van der Waals surface area contributed by atoms with Crippen LogP contribution in [-0.4, -0.2) is 45.4 Å². The third-order valence-corrected chi connectivity index (χ3v) is 6.77. The molecule has 1 heterocycles. The monoisotopic (exact) mass is 411 g/mol. The molecule has 27 heavy (non-hydrogen) atoms. The Hall–Kier alpha value is -1.68. The summed E-state index contributed by atoms with van der Waals surface area (Å²) in [6, 6.07) is -0.0509. The van der Waals surface area contributed by atoms with Gasteiger partial charge in [-0.3, -0.25) is 19.8 Å². The number of rotatable bonds is 7. The molecule has 2 aliphatic rings. The highest BCUT2D eigenvalue weighted by Crippen LogP contribution is 2.37. The molecule has 1 aromatic heterocycles. The summed E-state index contributed by atoms with van der Waals surface area (Å²) < 4.78 is 0.610. The van der Waals surface area contributed by atoms with Gasteiger partial charge in [-0.2, -0.15) is 0 Å². The smallest absolute Gasteiger partial charge is 0.321 e. The van der Waals surface area contributed by atoms with Gasteiger partial charge in [0.25, 0.3) is 0 Å². The van der Waals surface area contributed by atoms with Gasteiger partial charge in [-0.15, -0.1) is 10.2 Å². The van der Waals surface area contributed by atoms with Gasteiger partial charge in [-0.25, -0.2) is 4.79 Å². The van der Waals surface area contributed by atoms with Crippen LogP contribution in [0, 0.1) is 0 Å². The molecule has 148 valence electrons. The Bertz CT molecular complexity index is 700. The highest BCUT2D eigenvalue weighted by Gasteiger charge is 2.35. The molecule has 2 N–H and O–H groups in total. The van der Waals surface area contributed by atoms with Gasteiger partial charge in [-0.1, -0.05) is 42.9 Å². The van der Waals surface area contributed by atoms with Crippen molar-refractivity contribution in [3.8, 4) is 0 Å². The van der Waals surface area contributed by atoms with Crippen molar-refractivity contribution < 1.29 is 14.4 Å². The summed E-state index contributed by atoms with van der Waals surface area (Å²) in [6.07, 6.45) is 6.56. The first-order chi connectivity index (χ1) is 13.0. The molecule has 0 aromatic carbocycles. The number of anilines is 1. The highest BCUT2D eigenvalue weighted by atomic mass is 32.2. The van der Waals surface area contributed by atoms with E-state index in [1.54, 1.807) is 11.8 Å². The number of amides is 4. The van der Waals surface area contributed by atoms with Crippen LogP contribution in [0.1, 0.15) is 58.8 Å². The van der Waals surface area contributed by atoms with Gasteiger partial charge in [-0.05, 0) is 32.6 Å². The number of imide groups is 1. The second-order valence-electron chi connectivity index (χ2n) is 6.90. The highest BCUT2D eigenvalue weighted by molar-refractivity contribution is 8.02. The first kappa shape index (κ1) is 20.1. The lowest BCUT2D eigenvalue weighted by Gasteiger charge is -2.17. The van der Waals surface area contributed by atoms with Crippen LogP contribution in [-0.2, 0) is 9.59 Å². The van der Waals surface area contributed by atoms with Crippen LogP contribution < -0.4 is 15.5 Å². The number of carbonyl (C=O) groups excluding carboxylic acids is 3. The summed E-state index contributed by atoms with van der Waals surface area (Å²) in [5.74, 6) is -0.324. The van der Waals surface area contributed by atoms with E-state index in [1.807, 2.05) is 6.92 Å². The molecular weight excluding hydrogens is 386 g/mol. The van der Waals surface area contributed by atoms with Crippen molar-refractivity contribution in [2.45, 2.75) is 80.5 Å². The Morgan fingerprint density at radius 2 is 1.93 bits per heavy atom. The van der Waals surface area contributed by atoms with Crippen LogP contribution in [0.15, 0.2) is 4.34 Å². The van der Waals surface area contributed by atoms with Crippen molar-refractivity contribution in [3.05, 3.63) is 0 Å². The average molecular weight is 412 g/mol. The number of aromatic nitrogens is 2. The zero-order valence-corrected chi connectivity index (χ0v) is 17.2. The van der Waals surface area contributed by atoms with E-state index >= 15 is 0 Å². The molecule has 0 bridgehead atoms. The molecular formula is C17H25N5O3S2. The van der Waals surface area contributed by atoms with Crippen LogP contribution in [0.2, 0.25) is 0 Å². The molecule has 3 rings (SSSR count). The molecule has 2 fully saturated rings. The summed E-state index contributed by atoms with van der Waals surface area (Å²) in [5, 5.41) is 13.6. The van der Waals surface area contributed by atoms with E-state index < -0.39 is 11.3 Å². The van der Waals surface area contributed by atoms with Crippen LogP contribution >= 0.6 is 23.1 Å². The van der Waals surface area contributed by atoms with Gasteiger partial charge in [0, 0.05) is 18.5 Å². The molecule has 2 aliphatic carbocycles. The molecule has 0 spiro atoms. The predicted molar refractivity (Wildman–Crippen MR) is 105 cm³/mol. The zero-order chi connectivity index (χ0) is 19.4. The number of nitrogens with one attached hydrogen (secondary N) is 2. The molecule has 0 aliphatic heterocycles. The summed E-state index contributed by atoms with van der Waals surface area (Å²) in [7, 11) is 0. The Labute approximate surface area is 166 Å². The Kier molecular flexibility index (Phi) is 6.69. The number of nitrogens with zero attached hydrogens (tertiary/aromatic N) is 3. The van der Waals surface area contributed by atoms with E-state index in [2.05, 4.69) is 20.8 Å². The molecule has 4 amide bonds. The maximum absolute atomic E-state index is 12.2. The topological polar surface area (TPSA) is 104 Å². The van der Waals surface area contributed by atoms with E-state index in [9.17, 15) is 14.4 Å². The number of hydrogen-bond acceptors (Lipinski definition) is 7. The van der Waals surface area contributed by atoms with Gasteiger partial charge in [0.2, 0.25) is 16.9 Å². The number of carbonyl (C=O) groups is 3. The van der Waals surface area contributed by atoms with Gasteiger partial charge in [0.15, 0.2) is 4.34 Å². The maximum Gasteiger partial charge on any atom is 0.321 e. The lowest BCUT2D eigenvalue weighted by molar-refractivity contribution is -0.119.